The van der Waals surface area contributed by atoms with Crippen LogP contribution < -0.4 is 10.2 Å². The maximum atomic E-state index is 12.3. The molecule has 1 aromatic heterocycles. The van der Waals surface area contributed by atoms with E-state index in [0.29, 0.717) is 22.2 Å². The largest absolute Gasteiger partial charge is 0.351 e. The van der Waals surface area contributed by atoms with Crippen molar-refractivity contribution in [3.8, 4) is 0 Å². The van der Waals surface area contributed by atoms with E-state index in [2.05, 4.69) is 15.1 Å². The van der Waals surface area contributed by atoms with Crippen molar-refractivity contribution in [1.82, 2.24) is 15.2 Å². The molecular weight excluding hydrogens is 451 g/mol. The van der Waals surface area contributed by atoms with E-state index in [1.807, 2.05) is 18.2 Å². The first-order valence-electron chi connectivity index (χ1n) is 9.26. The maximum absolute atomic E-state index is 12.3. The van der Waals surface area contributed by atoms with Crippen LogP contribution in [0.15, 0.2) is 36.4 Å². The molecule has 0 unspecified atom stereocenters. The summed E-state index contributed by atoms with van der Waals surface area (Å²) < 4.78 is 1.11. The molecule has 2 heterocycles. The van der Waals surface area contributed by atoms with Gasteiger partial charge in [0.1, 0.15) is 0 Å². The van der Waals surface area contributed by atoms with Gasteiger partial charge >= 0.3 is 0 Å². The summed E-state index contributed by atoms with van der Waals surface area (Å²) in [7, 11) is 0. The van der Waals surface area contributed by atoms with Gasteiger partial charge in [-0.05, 0) is 36.4 Å². The van der Waals surface area contributed by atoms with E-state index >= 15 is 0 Å². The van der Waals surface area contributed by atoms with E-state index in [-0.39, 0.29) is 5.91 Å². The van der Waals surface area contributed by atoms with E-state index in [9.17, 15) is 4.79 Å². The fourth-order valence-electron chi connectivity index (χ4n) is 3.28. The number of hydrogen-bond acceptors (Lipinski definition) is 5. The van der Waals surface area contributed by atoms with Gasteiger partial charge in [-0.1, -0.05) is 46.1 Å². The highest BCUT2D eigenvalue weighted by molar-refractivity contribution is 7.22. The molecule has 1 fully saturated rings. The molecular formula is C20H19Cl3N4OS. The Morgan fingerprint density at radius 1 is 1.03 bits per heavy atom. The van der Waals surface area contributed by atoms with Crippen LogP contribution in [0.5, 0.6) is 0 Å². The molecule has 9 heteroatoms. The Labute approximate surface area is 188 Å². The molecule has 0 spiro atoms. The van der Waals surface area contributed by atoms with Crippen LogP contribution in [0.1, 0.15) is 10.4 Å². The SMILES string of the molecule is O=C(NCCN1CCN(c2nc3ccc(Cl)cc3s2)CC1)c1cc(Cl)ccc1Cl. The van der Waals surface area contributed by atoms with Gasteiger partial charge in [0, 0.05) is 49.3 Å². The summed E-state index contributed by atoms with van der Waals surface area (Å²) in [6.45, 7) is 4.99. The van der Waals surface area contributed by atoms with E-state index in [1.165, 1.54) is 0 Å². The number of carbonyl (C=O) groups is 1. The molecule has 1 N–H and O–H groups in total. The molecule has 29 heavy (non-hydrogen) atoms. The van der Waals surface area contributed by atoms with Gasteiger partial charge in [0.15, 0.2) is 5.13 Å². The van der Waals surface area contributed by atoms with Gasteiger partial charge in [-0.3, -0.25) is 9.69 Å². The first-order chi connectivity index (χ1) is 14.0. The number of fused-ring (bicyclic) bond motifs is 1. The van der Waals surface area contributed by atoms with Crippen LogP contribution in [0.2, 0.25) is 15.1 Å². The van der Waals surface area contributed by atoms with Crippen molar-refractivity contribution in [2.45, 2.75) is 0 Å². The summed E-state index contributed by atoms with van der Waals surface area (Å²) >= 11 is 19.8. The number of anilines is 1. The lowest BCUT2D eigenvalue weighted by Gasteiger charge is -2.34. The third-order valence-corrected chi connectivity index (χ3v) is 6.75. The van der Waals surface area contributed by atoms with Gasteiger partial charge in [-0.15, -0.1) is 0 Å². The first kappa shape index (κ1) is 20.7. The number of rotatable bonds is 5. The Morgan fingerprint density at radius 3 is 2.55 bits per heavy atom. The molecule has 0 aliphatic carbocycles. The van der Waals surface area contributed by atoms with Gasteiger partial charge < -0.3 is 10.2 Å². The van der Waals surface area contributed by atoms with Gasteiger partial charge in [-0.2, -0.15) is 0 Å². The molecule has 5 nitrogen and oxygen atoms in total. The molecule has 3 aromatic rings. The number of aromatic nitrogens is 1. The number of nitrogens with zero attached hydrogens (tertiary/aromatic N) is 3. The summed E-state index contributed by atoms with van der Waals surface area (Å²) in [5.41, 5.74) is 1.39. The van der Waals surface area contributed by atoms with Crippen molar-refractivity contribution in [2.75, 3.05) is 44.2 Å². The van der Waals surface area contributed by atoms with E-state index in [1.54, 1.807) is 29.5 Å². The zero-order chi connectivity index (χ0) is 20.4. The summed E-state index contributed by atoms with van der Waals surface area (Å²) in [6.07, 6.45) is 0. The highest BCUT2D eigenvalue weighted by Crippen LogP contribution is 2.31. The van der Waals surface area contributed by atoms with E-state index < -0.39 is 0 Å². The van der Waals surface area contributed by atoms with Crippen molar-refractivity contribution in [3.05, 3.63) is 57.0 Å². The lowest BCUT2D eigenvalue weighted by molar-refractivity contribution is 0.0948. The van der Waals surface area contributed by atoms with Crippen molar-refractivity contribution < 1.29 is 4.79 Å². The molecule has 2 aromatic carbocycles. The van der Waals surface area contributed by atoms with Crippen LogP contribution >= 0.6 is 46.1 Å². The number of benzene rings is 2. The van der Waals surface area contributed by atoms with Crippen LogP contribution in [0.3, 0.4) is 0 Å². The summed E-state index contributed by atoms with van der Waals surface area (Å²) in [5, 5.41) is 5.58. The molecule has 152 valence electrons. The fourth-order valence-corrected chi connectivity index (χ4v) is 4.95. The van der Waals surface area contributed by atoms with Crippen LogP contribution in [0.25, 0.3) is 10.2 Å². The predicted molar refractivity (Wildman–Crippen MR) is 122 cm³/mol. The highest BCUT2D eigenvalue weighted by Gasteiger charge is 2.20. The maximum Gasteiger partial charge on any atom is 0.252 e. The Hall–Kier alpha value is -1.57. The molecule has 4 rings (SSSR count). The Balaban J connectivity index is 1.26. The average Bonchev–Trinajstić information content (AvgIpc) is 3.13. The molecule has 1 aliphatic heterocycles. The quantitative estimate of drug-likeness (QED) is 0.583. The third-order valence-electron chi connectivity index (χ3n) is 4.87. The molecule has 0 atom stereocenters. The molecule has 0 saturated carbocycles. The second-order valence-electron chi connectivity index (χ2n) is 6.82. The van der Waals surface area contributed by atoms with Crippen LogP contribution in [-0.2, 0) is 0 Å². The summed E-state index contributed by atoms with van der Waals surface area (Å²) in [4.78, 5) is 21.7. The molecule has 1 amide bonds. The predicted octanol–water partition coefficient (Wildman–Crippen LogP) is 4.81. The first-order valence-corrected chi connectivity index (χ1v) is 11.2. The summed E-state index contributed by atoms with van der Waals surface area (Å²) in [6, 6.07) is 10.7. The average molecular weight is 470 g/mol. The minimum atomic E-state index is -0.204. The highest BCUT2D eigenvalue weighted by atomic mass is 35.5. The van der Waals surface area contributed by atoms with Crippen molar-refractivity contribution in [3.63, 3.8) is 0 Å². The Morgan fingerprint density at radius 2 is 1.76 bits per heavy atom. The minimum absolute atomic E-state index is 0.204. The third kappa shape index (κ3) is 4.95. The van der Waals surface area contributed by atoms with Gasteiger partial charge in [-0.25, -0.2) is 4.98 Å². The smallest absolute Gasteiger partial charge is 0.252 e. The van der Waals surface area contributed by atoms with Crippen LogP contribution in [0, 0.1) is 0 Å². The number of amides is 1. The lowest BCUT2D eigenvalue weighted by Crippen LogP contribution is -2.48. The second kappa shape index (κ2) is 9.06. The zero-order valence-corrected chi connectivity index (χ0v) is 18.6. The molecule has 0 bridgehead atoms. The molecule has 0 radical (unpaired) electrons. The van der Waals surface area contributed by atoms with E-state index in [4.69, 9.17) is 39.8 Å². The van der Waals surface area contributed by atoms with Gasteiger partial charge in [0.2, 0.25) is 0 Å². The normalized spacial score (nSPS) is 15.1. The lowest BCUT2D eigenvalue weighted by atomic mass is 10.2. The summed E-state index contributed by atoms with van der Waals surface area (Å²) in [5.74, 6) is -0.204. The topological polar surface area (TPSA) is 48.5 Å². The van der Waals surface area contributed by atoms with Gasteiger partial charge in [0.25, 0.3) is 5.91 Å². The fraction of sp³-hybridized carbons (Fsp3) is 0.300. The standard InChI is InChI=1S/C20H19Cl3N4OS/c21-13-1-3-16(23)15(11-13)19(28)24-5-6-26-7-9-27(10-8-26)20-25-17-4-2-14(22)12-18(17)29-20/h1-4,11-12H,5-10H2,(H,24,28). The monoisotopic (exact) mass is 468 g/mol. The number of carbonyl (C=O) groups excluding carboxylic acids is 1. The van der Waals surface area contributed by atoms with Crippen LogP contribution in [-0.4, -0.2) is 55.1 Å². The number of halogens is 3. The molecule has 1 aliphatic rings. The van der Waals surface area contributed by atoms with Gasteiger partial charge in [0.05, 0.1) is 20.8 Å². The number of thiazole rings is 1. The Kier molecular flexibility index (Phi) is 6.47. The Bertz CT molecular complexity index is 1030. The van der Waals surface area contributed by atoms with Crippen molar-refractivity contribution in [2.24, 2.45) is 0 Å². The van der Waals surface area contributed by atoms with Crippen LogP contribution in [0.4, 0.5) is 5.13 Å². The number of hydrogen-bond donors (Lipinski definition) is 1. The number of nitrogens with one attached hydrogen (secondary N) is 1. The minimum Gasteiger partial charge on any atom is -0.351 e. The van der Waals surface area contributed by atoms with Crippen molar-refractivity contribution in [1.29, 1.82) is 0 Å². The van der Waals surface area contributed by atoms with E-state index in [0.717, 1.165) is 53.1 Å². The zero-order valence-electron chi connectivity index (χ0n) is 15.5. The molecule has 1 saturated heterocycles. The van der Waals surface area contributed by atoms with Crippen molar-refractivity contribution >= 4 is 67.4 Å². The second-order valence-corrected chi connectivity index (χ2v) is 9.11. The number of piperazine rings is 1.